The maximum Gasteiger partial charge on any atom is 0.256 e. The number of nitrogens with zero attached hydrogens (tertiary/aromatic N) is 7. The standard InChI is InChI=1S/C23H23N7O2/c1-14-6-9-19(30-24-10-11-25-30)17(13-14)23(31)29-12-4-5-20(29)22-27-21(28-32-22)18-8-7-15(2)16(3)26-18/h6-11,13,20H,4-5,12H2,1-3H3/t20-/m0/s1. The molecule has 1 atom stereocenters. The second-order valence-corrected chi connectivity index (χ2v) is 8.05. The van der Waals surface area contributed by atoms with E-state index in [1.54, 1.807) is 17.3 Å². The Morgan fingerprint density at radius 1 is 1.06 bits per heavy atom. The van der Waals surface area contributed by atoms with Crippen molar-refractivity contribution in [2.75, 3.05) is 6.54 Å². The first-order valence-electron chi connectivity index (χ1n) is 10.6. The number of pyridine rings is 1. The SMILES string of the molecule is Cc1ccc(-n2nccn2)c(C(=O)N2CCC[C@H]2c2nc(-c3ccc(C)c(C)n3)no2)c1. The lowest BCUT2D eigenvalue weighted by molar-refractivity contribution is 0.0709. The third-order valence-corrected chi connectivity index (χ3v) is 5.84. The summed E-state index contributed by atoms with van der Waals surface area (Å²) < 4.78 is 5.59. The molecule has 0 radical (unpaired) electrons. The molecule has 162 valence electrons. The van der Waals surface area contributed by atoms with Crippen LogP contribution in [-0.4, -0.2) is 47.5 Å². The predicted molar refractivity (Wildman–Crippen MR) is 116 cm³/mol. The average molecular weight is 429 g/mol. The van der Waals surface area contributed by atoms with Crippen molar-refractivity contribution in [3.63, 3.8) is 0 Å². The third kappa shape index (κ3) is 3.55. The molecule has 9 heteroatoms. The number of aromatic nitrogens is 6. The molecule has 0 unspecified atom stereocenters. The normalized spacial score (nSPS) is 16.0. The highest BCUT2D eigenvalue weighted by Gasteiger charge is 2.36. The number of aryl methyl sites for hydroxylation is 3. The van der Waals surface area contributed by atoms with E-state index < -0.39 is 0 Å². The van der Waals surface area contributed by atoms with Gasteiger partial charge in [-0.2, -0.15) is 20.0 Å². The summed E-state index contributed by atoms with van der Waals surface area (Å²) in [6.45, 7) is 6.53. The minimum Gasteiger partial charge on any atom is -0.337 e. The molecule has 1 aromatic carbocycles. The number of amides is 1. The highest BCUT2D eigenvalue weighted by atomic mass is 16.5. The molecular formula is C23H23N7O2. The van der Waals surface area contributed by atoms with Crippen LogP contribution in [0.2, 0.25) is 0 Å². The summed E-state index contributed by atoms with van der Waals surface area (Å²) in [5, 5.41) is 12.5. The van der Waals surface area contributed by atoms with E-state index in [0.717, 1.165) is 29.7 Å². The van der Waals surface area contributed by atoms with Gasteiger partial charge in [-0.05, 0) is 57.4 Å². The quantitative estimate of drug-likeness (QED) is 0.488. The summed E-state index contributed by atoms with van der Waals surface area (Å²) in [5.41, 5.74) is 4.85. The smallest absolute Gasteiger partial charge is 0.256 e. The molecule has 1 fully saturated rings. The Morgan fingerprint density at radius 2 is 1.88 bits per heavy atom. The lowest BCUT2D eigenvalue weighted by atomic mass is 10.1. The summed E-state index contributed by atoms with van der Waals surface area (Å²) in [6, 6.07) is 9.26. The number of carbonyl (C=O) groups excluding carboxylic acids is 1. The van der Waals surface area contributed by atoms with Crippen LogP contribution in [0.4, 0.5) is 0 Å². The van der Waals surface area contributed by atoms with E-state index >= 15 is 0 Å². The summed E-state index contributed by atoms with van der Waals surface area (Å²) in [6.07, 6.45) is 4.80. The zero-order valence-corrected chi connectivity index (χ0v) is 18.2. The number of hydrogen-bond acceptors (Lipinski definition) is 7. The Balaban J connectivity index is 1.46. The summed E-state index contributed by atoms with van der Waals surface area (Å²) in [4.78, 5) is 26.0. The van der Waals surface area contributed by atoms with Crippen LogP contribution < -0.4 is 0 Å². The van der Waals surface area contributed by atoms with Crippen LogP contribution >= 0.6 is 0 Å². The van der Waals surface area contributed by atoms with Crippen LogP contribution in [0.25, 0.3) is 17.2 Å². The fourth-order valence-electron chi connectivity index (χ4n) is 3.99. The van der Waals surface area contributed by atoms with Crippen molar-refractivity contribution in [2.24, 2.45) is 0 Å². The molecule has 5 rings (SSSR count). The fraction of sp³-hybridized carbons (Fsp3) is 0.304. The molecule has 0 bridgehead atoms. The first-order valence-corrected chi connectivity index (χ1v) is 10.6. The molecule has 1 saturated heterocycles. The zero-order valence-electron chi connectivity index (χ0n) is 18.2. The van der Waals surface area contributed by atoms with Crippen molar-refractivity contribution in [3.05, 3.63) is 71.0 Å². The molecule has 0 spiro atoms. The van der Waals surface area contributed by atoms with Gasteiger partial charge in [-0.15, -0.1) is 0 Å². The molecule has 32 heavy (non-hydrogen) atoms. The van der Waals surface area contributed by atoms with E-state index in [1.807, 2.05) is 51.1 Å². The highest BCUT2D eigenvalue weighted by molar-refractivity contribution is 5.98. The molecule has 0 N–H and O–H groups in total. The van der Waals surface area contributed by atoms with E-state index in [2.05, 4.69) is 25.3 Å². The predicted octanol–water partition coefficient (Wildman–Crippen LogP) is 3.61. The number of benzene rings is 1. The molecule has 4 heterocycles. The van der Waals surface area contributed by atoms with Crippen molar-refractivity contribution >= 4 is 5.91 Å². The van der Waals surface area contributed by atoms with E-state index in [1.165, 1.54) is 4.80 Å². The Bertz CT molecular complexity index is 1280. The maximum absolute atomic E-state index is 13.6. The second kappa shape index (κ2) is 7.99. The lowest BCUT2D eigenvalue weighted by Gasteiger charge is -2.23. The topological polar surface area (TPSA) is 103 Å². The van der Waals surface area contributed by atoms with Gasteiger partial charge >= 0.3 is 0 Å². The summed E-state index contributed by atoms with van der Waals surface area (Å²) in [7, 11) is 0. The number of hydrogen-bond donors (Lipinski definition) is 0. The van der Waals surface area contributed by atoms with Crippen LogP contribution in [0, 0.1) is 20.8 Å². The van der Waals surface area contributed by atoms with Gasteiger partial charge in [0.05, 0.1) is 23.6 Å². The maximum atomic E-state index is 13.6. The number of rotatable bonds is 4. The minimum atomic E-state index is -0.283. The number of carbonyl (C=O) groups is 1. The first kappa shape index (κ1) is 20.0. The van der Waals surface area contributed by atoms with Gasteiger partial charge in [-0.1, -0.05) is 22.9 Å². The molecule has 1 aliphatic heterocycles. The molecule has 9 nitrogen and oxygen atoms in total. The van der Waals surface area contributed by atoms with E-state index in [0.29, 0.717) is 35.2 Å². The number of likely N-dealkylation sites (tertiary alicyclic amines) is 1. The molecule has 0 aliphatic carbocycles. The van der Waals surface area contributed by atoms with Crippen molar-refractivity contribution in [3.8, 4) is 17.2 Å². The van der Waals surface area contributed by atoms with Gasteiger partial charge in [0, 0.05) is 12.2 Å². The van der Waals surface area contributed by atoms with Crippen molar-refractivity contribution in [1.29, 1.82) is 0 Å². The molecule has 3 aromatic heterocycles. The second-order valence-electron chi connectivity index (χ2n) is 8.05. The summed E-state index contributed by atoms with van der Waals surface area (Å²) in [5.74, 6) is 0.754. The molecule has 1 aliphatic rings. The van der Waals surface area contributed by atoms with Gasteiger partial charge in [-0.3, -0.25) is 4.79 Å². The Kier molecular flexibility index (Phi) is 5.01. The third-order valence-electron chi connectivity index (χ3n) is 5.84. The van der Waals surface area contributed by atoms with Gasteiger partial charge in [-0.25, -0.2) is 4.98 Å². The van der Waals surface area contributed by atoms with Crippen molar-refractivity contribution in [1.82, 2.24) is 35.0 Å². The Hall–Kier alpha value is -3.88. The van der Waals surface area contributed by atoms with Crippen LogP contribution in [-0.2, 0) is 0 Å². The summed E-state index contributed by atoms with van der Waals surface area (Å²) >= 11 is 0. The first-order chi connectivity index (χ1) is 15.5. The van der Waals surface area contributed by atoms with Gasteiger partial charge in [0.2, 0.25) is 11.7 Å². The van der Waals surface area contributed by atoms with E-state index in [9.17, 15) is 4.79 Å². The van der Waals surface area contributed by atoms with E-state index in [4.69, 9.17) is 4.52 Å². The Morgan fingerprint density at radius 3 is 2.66 bits per heavy atom. The van der Waals surface area contributed by atoms with Gasteiger partial charge < -0.3 is 9.42 Å². The van der Waals surface area contributed by atoms with Crippen LogP contribution in [0.5, 0.6) is 0 Å². The highest BCUT2D eigenvalue weighted by Crippen LogP contribution is 2.34. The van der Waals surface area contributed by atoms with Crippen LogP contribution in [0.15, 0.2) is 47.2 Å². The molecule has 4 aromatic rings. The van der Waals surface area contributed by atoms with E-state index in [-0.39, 0.29) is 11.9 Å². The molecule has 1 amide bonds. The van der Waals surface area contributed by atoms with Crippen LogP contribution in [0.3, 0.4) is 0 Å². The average Bonchev–Trinajstić information content (AvgIpc) is 3.55. The monoisotopic (exact) mass is 429 g/mol. The minimum absolute atomic E-state index is 0.104. The van der Waals surface area contributed by atoms with Gasteiger partial charge in [0.15, 0.2) is 0 Å². The van der Waals surface area contributed by atoms with Crippen molar-refractivity contribution in [2.45, 2.75) is 39.7 Å². The fourth-order valence-corrected chi connectivity index (χ4v) is 3.99. The van der Waals surface area contributed by atoms with Crippen molar-refractivity contribution < 1.29 is 9.32 Å². The van der Waals surface area contributed by atoms with Gasteiger partial charge in [0.1, 0.15) is 11.7 Å². The molecular weight excluding hydrogens is 406 g/mol. The van der Waals surface area contributed by atoms with Crippen LogP contribution in [0.1, 0.15) is 52.0 Å². The molecule has 0 saturated carbocycles. The Labute approximate surface area is 185 Å². The zero-order chi connectivity index (χ0) is 22.2. The lowest BCUT2D eigenvalue weighted by Crippen LogP contribution is -2.31. The largest absolute Gasteiger partial charge is 0.337 e. The van der Waals surface area contributed by atoms with Gasteiger partial charge in [0.25, 0.3) is 5.91 Å².